The minimum absolute atomic E-state index is 0.176. The van der Waals surface area contributed by atoms with Crippen molar-refractivity contribution in [1.82, 2.24) is 9.97 Å². The SMILES string of the molecule is COc1ccc(C(C)(O)c2nc(N3CCC(F)(F)CC3)nc3ccccc23)cc1. The molecule has 0 amide bonds. The van der Waals surface area contributed by atoms with Gasteiger partial charge in [0.05, 0.1) is 18.3 Å². The van der Waals surface area contributed by atoms with Gasteiger partial charge in [-0.25, -0.2) is 18.7 Å². The summed E-state index contributed by atoms with van der Waals surface area (Å²) in [7, 11) is 1.58. The molecule has 1 aliphatic heterocycles. The molecular formula is C22H23F2N3O2. The lowest BCUT2D eigenvalue weighted by atomic mass is 9.90. The average molecular weight is 399 g/mol. The summed E-state index contributed by atoms with van der Waals surface area (Å²) in [5.41, 5.74) is 0.362. The van der Waals surface area contributed by atoms with Crippen molar-refractivity contribution >= 4 is 16.9 Å². The third kappa shape index (κ3) is 3.74. The third-order valence-corrected chi connectivity index (χ3v) is 5.48. The first-order valence-corrected chi connectivity index (χ1v) is 9.57. The lowest BCUT2D eigenvalue weighted by Crippen LogP contribution is -2.40. The molecule has 5 nitrogen and oxygen atoms in total. The predicted molar refractivity (Wildman–Crippen MR) is 108 cm³/mol. The number of piperidine rings is 1. The standard InChI is InChI=1S/C22H23F2N3O2/c1-21(28,15-7-9-16(29-2)10-8-15)19-17-5-3-4-6-18(17)25-20(26-19)27-13-11-22(23,24)12-14-27/h3-10,28H,11-14H2,1-2H3. The van der Waals surface area contributed by atoms with E-state index in [2.05, 4.69) is 9.97 Å². The summed E-state index contributed by atoms with van der Waals surface area (Å²) < 4.78 is 32.4. The van der Waals surface area contributed by atoms with Crippen molar-refractivity contribution in [2.24, 2.45) is 0 Å². The van der Waals surface area contributed by atoms with E-state index in [0.29, 0.717) is 28.5 Å². The van der Waals surface area contributed by atoms with Crippen molar-refractivity contribution < 1.29 is 18.6 Å². The van der Waals surface area contributed by atoms with Crippen LogP contribution in [-0.4, -0.2) is 41.2 Å². The molecule has 1 fully saturated rings. The van der Waals surface area contributed by atoms with Gasteiger partial charge in [0.25, 0.3) is 5.92 Å². The van der Waals surface area contributed by atoms with E-state index in [1.54, 1.807) is 43.2 Å². The zero-order valence-electron chi connectivity index (χ0n) is 16.4. The number of rotatable bonds is 4. The van der Waals surface area contributed by atoms with Gasteiger partial charge in [-0.2, -0.15) is 0 Å². The highest BCUT2D eigenvalue weighted by Crippen LogP contribution is 2.35. The zero-order chi connectivity index (χ0) is 20.6. The molecule has 1 aliphatic rings. The van der Waals surface area contributed by atoms with Crippen molar-refractivity contribution in [2.75, 3.05) is 25.1 Å². The number of aromatic nitrogens is 2. The maximum atomic E-state index is 13.6. The van der Waals surface area contributed by atoms with Crippen molar-refractivity contribution in [3.63, 3.8) is 0 Å². The topological polar surface area (TPSA) is 58.5 Å². The van der Waals surface area contributed by atoms with Gasteiger partial charge in [-0.15, -0.1) is 0 Å². The van der Waals surface area contributed by atoms with Crippen LogP contribution in [0.1, 0.15) is 31.0 Å². The first-order valence-electron chi connectivity index (χ1n) is 9.57. The molecule has 29 heavy (non-hydrogen) atoms. The van der Waals surface area contributed by atoms with Gasteiger partial charge >= 0.3 is 0 Å². The predicted octanol–water partition coefficient (Wildman–Crippen LogP) is 4.13. The second-order valence-electron chi connectivity index (χ2n) is 7.53. The molecule has 0 radical (unpaired) electrons. The molecule has 0 spiro atoms. The first kappa shape index (κ1) is 19.5. The molecule has 0 bridgehead atoms. The van der Waals surface area contributed by atoms with Crippen LogP contribution in [0.25, 0.3) is 10.9 Å². The van der Waals surface area contributed by atoms with Crippen molar-refractivity contribution in [3.8, 4) is 5.75 Å². The highest BCUT2D eigenvalue weighted by Gasteiger charge is 2.36. The number of para-hydroxylation sites is 1. The minimum atomic E-state index is -2.65. The maximum absolute atomic E-state index is 13.6. The summed E-state index contributed by atoms with van der Waals surface area (Å²) in [6.45, 7) is 2.03. The quantitative estimate of drug-likeness (QED) is 0.715. The number of halogens is 2. The Balaban J connectivity index is 1.80. The van der Waals surface area contributed by atoms with Crippen molar-refractivity contribution in [3.05, 3.63) is 59.8 Å². The second-order valence-corrected chi connectivity index (χ2v) is 7.53. The Morgan fingerprint density at radius 1 is 1.03 bits per heavy atom. The van der Waals surface area contributed by atoms with Crippen LogP contribution in [0, 0.1) is 0 Å². The Morgan fingerprint density at radius 3 is 2.34 bits per heavy atom. The maximum Gasteiger partial charge on any atom is 0.251 e. The molecular weight excluding hydrogens is 376 g/mol. The van der Waals surface area contributed by atoms with Crippen LogP contribution < -0.4 is 9.64 Å². The number of fused-ring (bicyclic) bond motifs is 1. The third-order valence-electron chi connectivity index (χ3n) is 5.48. The van der Waals surface area contributed by atoms with E-state index in [1.165, 1.54) is 0 Å². The number of aliphatic hydroxyl groups is 1. The number of benzene rings is 2. The smallest absolute Gasteiger partial charge is 0.251 e. The van der Waals surface area contributed by atoms with Gasteiger partial charge in [-0.1, -0.05) is 30.3 Å². The largest absolute Gasteiger partial charge is 0.497 e. The Kier molecular flexibility index (Phi) is 4.86. The molecule has 1 atom stereocenters. The molecule has 1 N–H and O–H groups in total. The molecule has 2 heterocycles. The Bertz CT molecular complexity index is 1010. The van der Waals surface area contributed by atoms with Crippen LogP contribution in [-0.2, 0) is 5.60 Å². The Morgan fingerprint density at radius 2 is 1.69 bits per heavy atom. The van der Waals surface area contributed by atoms with E-state index in [1.807, 2.05) is 24.3 Å². The minimum Gasteiger partial charge on any atom is -0.497 e. The number of alkyl halides is 2. The number of ether oxygens (including phenoxy) is 1. The molecule has 2 aromatic carbocycles. The van der Waals surface area contributed by atoms with Crippen molar-refractivity contribution in [2.45, 2.75) is 31.3 Å². The summed E-state index contributed by atoms with van der Waals surface area (Å²) in [5.74, 6) is -1.60. The number of hydrogen-bond acceptors (Lipinski definition) is 5. The van der Waals surface area contributed by atoms with Gasteiger partial charge in [-0.05, 0) is 30.7 Å². The number of methoxy groups -OCH3 is 1. The van der Waals surface area contributed by atoms with Crippen LogP contribution in [0.4, 0.5) is 14.7 Å². The average Bonchev–Trinajstić information content (AvgIpc) is 2.73. The van der Waals surface area contributed by atoms with E-state index in [9.17, 15) is 13.9 Å². The summed E-state index contributed by atoms with van der Waals surface area (Å²) in [4.78, 5) is 11.0. The molecule has 7 heteroatoms. The highest BCUT2D eigenvalue weighted by molar-refractivity contribution is 5.83. The van der Waals surface area contributed by atoms with Crippen LogP contribution in [0.2, 0.25) is 0 Å². The van der Waals surface area contributed by atoms with Gasteiger partial charge in [0.15, 0.2) is 0 Å². The monoisotopic (exact) mass is 399 g/mol. The molecule has 1 aromatic heterocycles. The van der Waals surface area contributed by atoms with E-state index in [-0.39, 0.29) is 25.9 Å². The summed E-state index contributed by atoms with van der Waals surface area (Å²) in [5, 5.41) is 12.2. The fourth-order valence-electron chi connectivity index (χ4n) is 3.66. The van der Waals surface area contributed by atoms with Gasteiger partial charge in [0.1, 0.15) is 11.4 Å². The lowest BCUT2D eigenvalue weighted by molar-refractivity contribution is -0.0222. The number of anilines is 1. The van der Waals surface area contributed by atoms with Gasteiger partial charge < -0.3 is 14.7 Å². The highest BCUT2D eigenvalue weighted by atomic mass is 19.3. The van der Waals surface area contributed by atoms with E-state index < -0.39 is 11.5 Å². The van der Waals surface area contributed by atoms with Crippen molar-refractivity contribution in [1.29, 1.82) is 0 Å². The number of hydrogen-bond donors (Lipinski definition) is 1. The zero-order valence-corrected chi connectivity index (χ0v) is 16.4. The number of nitrogens with zero attached hydrogens (tertiary/aromatic N) is 3. The molecule has 1 unspecified atom stereocenters. The van der Waals surface area contributed by atoms with Gasteiger partial charge in [0.2, 0.25) is 5.95 Å². The normalized spacial score (nSPS) is 18.4. The van der Waals surface area contributed by atoms with Crippen LogP contribution in [0.5, 0.6) is 5.75 Å². The van der Waals surface area contributed by atoms with E-state index in [4.69, 9.17) is 4.74 Å². The fourth-order valence-corrected chi connectivity index (χ4v) is 3.66. The first-order chi connectivity index (χ1) is 13.8. The molecule has 4 rings (SSSR count). The van der Waals surface area contributed by atoms with Crippen LogP contribution >= 0.6 is 0 Å². The van der Waals surface area contributed by atoms with Gasteiger partial charge in [-0.3, -0.25) is 0 Å². The Hall–Kier alpha value is -2.80. The molecule has 152 valence electrons. The summed E-state index contributed by atoms with van der Waals surface area (Å²) in [6.07, 6.45) is -0.458. The fraction of sp³-hybridized carbons (Fsp3) is 0.364. The van der Waals surface area contributed by atoms with Gasteiger partial charge in [0, 0.05) is 31.3 Å². The summed E-state index contributed by atoms with van der Waals surface area (Å²) >= 11 is 0. The molecule has 0 saturated carbocycles. The van der Waals surface area contributed by atoms with E-state index >= 15 is 0 Å². The van der Waals surface area contributed by atoms with E-state index in [0.717, 1.165) is 5.39 Å². The van der Waals surface area contributed by atoms with Crippen LogP contribution in [0.15, 0.2) is 48.5 Å². The molecule has 3 aromatic rings. The molecule has 0 aliphatic carbocycles. The lowest BCUT2D eigenvalue weighted by Gasteiger charge is -2.33. The molecule has 1 saturated heterocycles. The van der Waals surface area contributed by atoms with Crippen LogP contribution in [0.3, 0.4) is 0 Å². The summed E-state index contributed by atoms with van der Waals surface area (Å²) in [6, 6.07) is 14.6. The Labute approximate surface area is 168 Å². The second kappa shape index (κ2) is 7.22.